The smallest absolute Gasteiger partial charge is 0.508 e. The van der Waals surface area contributed by atoms with Crippen LogP contribution in [0.5, 0.6) is 34.5 Å². The third-order valence-electron chi connectivity index (χ3n) is 14.8. The van der Waals surface area contributed by atoms with E-state index in [2.05, 4.69) is 14.8 Å². The van der Waals surface area contributed by atoms with Gasteiger partial charge in [0.2, 0.25) is 13.6 Å². The average Bonchev–Trinajstić information content (AvgIpc) is 1.57. The van der Waals surface area contributed by atoms with Crippen LogP contribution in [-0.4, -0.2) is 69.7 Å². The van der Waals surface area contributed by atoms with Gasteiger partial charge >= 0.3 is 55.2 Å². The summed E-state index contributed by atoms with van der Waals surface area (Å²) in [6.45, 7) is -0.757. The van der Waals surface area contributed by atoms with Gasteiger partial charge in [-0.05, 0) is 81.9 Å². The lowest BCUT2D eigenvalue weighted by Crippen LogP contribution is -2.58. The second-order valence-corrected chi connectivity index (χ2v) is 27.4. The summed E-state index contributed by atoms with van der Waals surface area (Å²) in [5, 5.41) is 18.3. The Labute approximate surface area is 571 Å². The number of alkyl halides is 9. The Bertz CT molecular complexity index is 4400. The first-order chi connectivity index (χ1) is 47.5. The van der Waals surface area contributed by atoms with Crippen molar-refractivity contribution in [3.63, 3.8) is 0 Å². The largest absolute Gasteiger partial charge is 0.523 e. The van der Waals surface area contributed by atoms with Crippen molar-refractivity contribution in [2.45, 2.75) is 62.8 Å². The molecule has 0 aromatic heterocycles. The van der Waals surface area contributed by atoms with E-state index in [1.54, 1.807) is 78.9 Å². The number of halogens is 9. The molecule has 0 radical (unpaired) electrons. The summed E-state index contributed by atoms with van der Waals surface area (Å²) in [6.07, 6.45) is -7.50. The number of ether oxygens (including phenoxy) is 5. The van der Waals surface area contributed by atoms with Crippen LogP contribution in [0.4, 0.5) is 60.5 Å². The summed E-state index contributed by atoms with van der Waals surface area (Å²) in [7, 11) is -14.1. The molecule has 0 saturated heterocycles. The third kappa shape index (κ3) is 19.0. The van der Waals surface area contributed by atoms with Crippen LogP contribution in [-0.2, 0) is 79.0 Å². The SMILES string of the molecule is C.O=C1Nc2cc3c(cc2[C@@](/C=C/c2cccc(O)c2)(C(F)(F)F)N1)OCO3.O=C1Nc2cc3c(cc2[C@@](/C=C/c2cccc(OCP(=O)(OCc4ccccc4)OCc4ccccc4)c2)(C(F)(F)F)N1)OCO3.O=P(COS(=O)(=O)C(F)(F)F)(OCc1ccccc1)OCc1ccccc1. The van der Waals surface area contributed by atoms with Crippen LogP contribution in [0.25, 0.3) is 12.2 Å². The van der Waals surface area contributed by atoms with Crippen LogP contribution in [0.15, 0.2) is 206 Å². The molecule has 534 valence electrons. The molecule has 21 nitrogen and oxygen atoms in total. The zero-order valence-corrected chi connectivity index (χ0v) is 54.2. The molecule has 0 aliphatic carbocycles. The Hall–Kier alpha value is -9.84. The molecule has 0 bridgehead atoms. The normalized spacial score (nSPS) is 16.9. The van der Waals surface area contributed by atoms with Gasteiger partial charge in [-0.2, -0.15) is 47.9 Å². The van der Waals surface area contributed by atoms with Crippen molar-refractivity contribution < 1.29 is 118 Å². The van der Waals surface area contributed by atoms with E-state index >= 15 is 0 Å². The lowest BCUT2D eigenvalue weighted by molar-refractivity contribution is -0.182. The van der Waals surface area contributed by atoms with E-state index in [9.17, 15) is 71.8 Å². The number of aromatic hydroxyl groups is 1. The number of benzene rings is 8. The van der Waals surface area contributed by atoms with Crippen LogP contribution < -0.4 is 45.0 Å². The number of fused-ring (bicyclic) bond motifs is 4. The summed E-state index contributed by atoms with van der Waals surface area (Å²) in [4.78, 5) is 24.4. The highest BCUT2D eigenvalue weighted by Crippen LogP contribution is 2.54. The molecule has 8 aromatic carbocycles. The second kappa shape index (κ2) is 31.8. The average molecular weight is 1470 g/mol. The molecule has 4 heterocycles. The zero-order chi connectivity index (χ0) is 71.4. The van der Waals surface area contributed by atoms with Crippen LogP contribution in [0.2, 0.25) is 0 Å². The first-order valence-electron chi connectivity index (χ1n) is 29.5. The number of phenolic OH excluding ortho intramolecular Hbond substituents is 1. The van der Waals surface area contributed by atoms with Crippen LogP contribution in [0.1, 0.15) is 51.9 Å². The van der Waals surface area contributed by atoms with E-state index in [-0.39, 0.29) is 104 Å². The molecule has 0 unspecified atom stereocenters. The van der Waals surface area contributed by atoms with Crippen molar-refractivity contribution in [1.82, 2.24) is 10.6 Å². The maximum Gasteiger partial charge on any atom is 0.523 e. The van der Waals surface area contributed by atoms with Gasteiger partial charge in [0.25, 0.3) is 0 Å². The summed E-state index contributed by atoms with van der Waals surface area (Å²) in [5.74, 6) is 0.894. The summed E-state index contributed by atoms with van der Waals surface area (Å²) >= 11 is 0. The predicted molar refractivity (Wildman–Crippen MR) is 351 cm³/mol. The standard InChI is InChI=1S/C33H28F3N2O7P.C18H13F3N2O4.C16H16F3O6PS.CH4/c34-33(35,36)32(27-17-29-30(42-21-41-29)18-28(27)37-31(39)38-32)15-14-23-12-7-13-26(16-23)43-22-46(40,44-19-24-8-3-1-4-9-24)45-20-25-10-5-2-6-11-25;19-18(20,21)17(5-4-10-2-1-3-11(24)6-10)12-7-14-15(27-9-26-14)8-13(12)22-16(25)23-17;17-16(18,19)27(21,22)25-13-26(20,23-11-14-7-3-1-4-8-14)24-12-15-9-5-2-6-10-15;/h1-18H,19-22H2,(H2,37,38,39);1-8,24H,9H2,(H2,22,23,25);1-10H,11-13H2;1H4/b15-14+;5-4+;;/t32-;17-;;/m00../s1. The molecule has 4 aliphatic rings. The van der Waals surface area contributed by atoms with Crippen molar-refractivity contribution in [3.05, 3.63) is 251 Å². The van der Waals surface area contributed by atoms with Gasteiger partial charge < -0.3 is 68.2 Å². The van der Waals surface area contributed by atoms with Crippen molar-refractivity contribution in [1.29, 1.82) is 0 Å². The number of carbonyl (C=O) groups is 2. The van der Waals surface area contributed by atoms with Crippen molar-refractivity contribution in [2.75, 3.05) is 36.9 Å². The Morgan fingerprint density at radius 3 is 1.20 bits per heavy atom. The van der Waals surface area contributed by atoms with Gasteiger partial charge in [-0.1, -0.05) is 165 Å². The van der Waals surface area contributed by atoms with Crippen LogP contribution in [0.3, 0.4) is 0 Å². The number of amides is 4. The quantitative estimate of drug-likeness (QED) is 0.0183. The van der Waals surface area contributed by atoms with Crippen molar-refractivity contribution >= 4 is 60.9 Å². The minimum Gasteiger partial charge on any atom is -0.508 e. The number of rotatable bonds is 22. The van der Waals surface area contributed by atoms with E-state index in [0.717, 1.165) is 23.3 Å². The van der Waals surface area contributed by atoms with Gasteiger partial charge in [0.15, 0.2) is 46.8 Å². The molecule has 33 heteroatoms. The first-order valence-corrected chi connectivity index (χ1v) is 34.4. The van der Waals surface area contributed by atoms with Crippen LogP contribution in [0, 0.1) is 0 Å². The number of anilines is 2. The molecule has 4 amide bonds. The molecule has 4 aliphatic heterocycles. The molecule has 2 atom stereocenters. The fourth-order valence-electron chi connectivity index (χ4n) is 9.79. The highest BCUT2D eigenvalue weighted by atomic mass is 32.2. The molecule has 12 rings (SSSR count). The molecule has 5 N–H and O–H groups in total. The Kier molecular flexibility index (Phi) is 23.7. The summed E-state index contributed by atoms with van der Waals surface area (Å²) < 4.78 is 225. The molecular formula is C68H61F9N4O17P2S. The number of hydrogen-bond acceptors (Lipinski definition) is 17. The third-order valence-corrected chi connectivity index (χ3v) is 18.9. The van der Waals surface area contributed by atoms with E-state index in [1.807, 2.05) is 71.3 Å². The molecule has 8 aromatic rings. The summed E-state index contributed by atoms with van der Waals surface area (Å²) in [6, 6.07) is 49.9. The van der Waals surface area contributed by atoms with E-state index in [1.165, 1.54) is 66.7 Å². The number of hydrogen-bond donors (Lipinski definition) is 5. The zero-order valence-electron chi connectivity index (χ0n) is 51.6. The fourth-order valence-corrected chi connectivity index (χ4v) is 13.1. The Morgan fingerprint density at radius 1 is 0.475 bits per heavy atom. The molecule has 0 saturated carbocycles. The van der Waals surface area contributed by atoms with Gasteiger partial charge in [-0.25, -0.2) is 9.59 Å². The van der Waals surface area contributed by atoms with Gasteiger partial charge in [0, 0.05) is 23.3 Å². The highest BCUT2D eigenvalue weighted by molar-refractivity contribution is 7.87. The predicted octanol–water partition coefficient (Wildman–Crippen LogP) is 16.8. The van der Waals surface area contributed by atoms with Gasteiger partial charge in [0.05, 0.1) is 37.8 Å². The monoisotopic (exact) mass is 1470 g/mol. The molecule has 0 spiro atoms. The molecular weight excluding hydrogens is 1410 g/mol. The topological polar surface area (TPSA) is 263 Å². The van der Waals surface area contributed by atoms with Crippen LogP contribution >= 0.6 is 15.2 Å². The van der Waals surface area contributed by atoms with E-state index < -0.39 is 79.0 Å². The number of phenols is 1. The highest BCUT2D eigenvalue weighted by Gasteiger charge is 2.60. The maximum atomic E-state index is 14.8. The lowest BCUT2D eigenvalue weighted by atomic mass is 9.85. The minimum atomic E-state index is -5.93. The van der Waals surface area contributed by atoms with Gasteiger partial charge in [0.1, 0.15) is 11.5 Å². The molecule has 101 heavy (non-hydrogen) atoms. The van der Waals surface area contributed by atoms with Gasteiger partial charge in [-0.3, -0.25) is 13.3 Å². The van der Waals surface area contributed by atoms with E-state index in [4.69, 9.17) is 41.8 Å². The van der Waals surface area contributed by atoms with Crippen molar-refractivity contribution in [3.8, 4) is 34.5 Å². The minimum absolute atomic E-state index is 0. The van der Waals surface area contributed by atoms with E-state index in [0.29, 0.717) is 22.3 Å². The first kappa shape index (κ1) is 75.4. The second-order valence-electron chi connectivity index (χ2n) is 21.8. The fraction of sp³-hybridized carbons (Fsp3) is 0.206. The Morgan fingerprint density at radius 2 is 0.832 bits per heavy atom. The lowest BCUT2D eigenvalue weighted by Gasteiger charge is -2.39. The maximum absolute atomic E-state index is 14.8. The number of nitrogens with one attached hydrogen (secondary N) is 4. The Balaban J connectivity index is 0.000000187. The van der Waals surface area contributed by atoms with Crippen molar-refractivity contribution in [2.24, 2.45) is 0 Å². The number of urea groups is 2. The van der Waals surface area contributed by atoms with Gasteiger partial charge in [-0.15, -0.1) is 0 Å². The summed E-state index contributed by atoms with van der Waals surface area (Å²) in [5.41, 5.74) is -8.51. The number of carbonyl (C=O) groups excluding carboxylic acids is 2. The molecule has 0 fully saturated rings.